The first kappa shape index (κ1) is 6.02. The predicted molar refractivity (Wildman–Crippen MR) is 16.6 cm³/mol. The molecule has 0 N–H and O–H groups in total. The van der Waals surface area contributed by atoms with Crippen molar-refractivity contribution in [2.45, 2.75) is 5.92 Å². The fraction of sp³-hybridized carbons (Fsp3) is 0.333. The molecular weight excluding hydrogens is 104 g/mol. The molecule has 0 aromatic rings. The van der Waals surface area contributed by atoms with Gasteiger partial charge in [-0.15, -0.1) is 0 Å². The van der Waals surface area contributed by atoms with Crippen LogP contribution in [-0.4, -0.2) is 12.2 Å². The molecule has 2 nitrogen and oxygen atoms in total. The van der Waals surface area contributed by atoms with Crippen LogP contribution < -0.4 is 0 Å². The second kappa shape index (κ2) is 1.65. The Kier molecular flexibility index (Phi) is 1.42. The van der Waals surface area contributed by atoms with Crippen molar-refractivity contribution in [1.82, 2.24) is 0 Å². The third-order valence-corrected chi connectivity index (χ3v) is 0.297. The molecule has 0 atom stereocenters. The monoisotopic (exact) mass is 105 g/mol. The number of hydrogen-bond acceptors (Lipinski definition) is 2. The Morgan fingerprint density at radius 3 is 2.14 bits per heavy atom. The predicted octanol–water partition coefficient (Wildman–Crippen LogP) is 0.344. The van der Waals surface area contributed by atoms with E-state index < -0.39 is 12.2 Å². The van der Waals surface area contributed by atoms with E-state index in [4.69, 9.17) is 10.1 Å². The molecule has 7 heavy (non-hydrogen) atoms. The van der Waals surface area contributed by atoms with Gasteiger partial charge in [0.25, 0.3) is 0 Å². The zero-order chi connectivity index (χ0) is 5.91. The molecule has 0 aromatic heterocycles. The van der Waals surface area contributed by atoms with E-state index >= 15 is 0 Å². The van der Waals surface area contributed by atoms with E-state index in [-0.39, 0.29) is 0 Å². The summed E-state index contributed by atoms with van der Waals surface area (Å²) in [4.78, 5) is 9.09. The molecule has 0 fully saturated rings. The Morgan fingerprint density at radius 1 is 1.71 bits per heavy atom. The lowest BCUT2D eigenvalue weighted by atomic mass is 10.4. The molecule has 0 bridgehead atoms. The quantitative estimate of drug-likeness (QED) is 0.451. The SMILES string of the molecule is N#CC(F)(F)C=O. The first-order valence-corrected chi connectivity index (χ1v) is 1.38. The highest BCUT2D eigenvalue weighted by atomic mass is 19.3. The topological polar surface area (TPSA) is 40.9 Å². The van der Waals surface area contributed by atoms with Gasteiger partial charge in [0.2, 0.25) is 6.29 Å². The summed E-state index contributed by atoms with van der Waals surface area (Å²) in [6.45, 7) is 0. The number of rotatable bonds is 1. The Labute approximate surface area is 38.4 Å². The lowest BCUT2D eigenvalue weighted by Gasteiger charge is -1.89. The van der Waals surface area contributed by atoms with Gasteiger partial charge in [0.15, 0.2) is 0 Å². The third-order valence-electron chi connectivity index (χ3n) is 0.297. The van der Waals surface area contributed by atoms with Crippen molar-refractivity contribution in [3.8, 4) is 6.07 Å². The van der Waals surface area contributed by atoms with E-state index in [0.29, 0.717) is 6.07 Å². The molecule has 0 rings (SSSR count). The lowest BCUT2D eigenvalue weighted by molar-refractivity contribution is -0.122. The fourth-order valence-electron chi connectivity index (χ4n) is 0.0264. The van der Waals surface area contributed by atoms with Gasteiger partial charge in [-0.2, -0.15) is 14.0 Å². The smallest absolute Gasteiger partial charge is 0.295 e. The van der Waals surface area contributed by atoms with Crippen LogP contribution in [0.3, 0.4) is 0 Å². The standard InChI is InChI=1S/C3HF2NO/c4-3(5,1-6)2-7/h2H. The van der Waals surface area contributed by atoms with Crippen molar-refractivity contribution < 1.29 is 13.6 Å². The van der Waals surface area contributed by atoms with Crippen LogP contribution in [0.4, 0.5) is 8.78 Å². The van der Waals surface area contributed by atoms with Crippen LogP contribution in [0.25, 0.3) is 0 Å². The summed E-state index contributed by atoms with van der Waals surface area (Å²) in [6, 6.07) is 0.490. The Bertz CT molecular complexity index is 115. The summed E-state index contributed by atoms with van der Waals surface area (Å²) in [5, 5.41) is 7.36. The zero-order valence-electron chi connectivity index (χ0n) is 3.19. The molecular formula is C3HF2NO. The molecule has 0 aliphatic carbocycles. The number of carbonyl (C=O) groups is 1. The van der Waals surface area contributed by atoms with E-state index in [2.05, 4.69) is 0 Å². The lowest BCUT2D eigenvalue weighted by Crippen LogP contribution is -2.12. The van der Waals surface area contributed by atoms with Gasteiger partial charge >= 0.3 is 5.92 Å². The molecule has 0 amide bonds. The number of nitriles is 1. The molecule has 0 heterocycles. The molecule has 4 heteroatoms. The van der Waals surface area contributed by atoms with Gasteiger partial charge in [-0.25, -0.2) is 0 Å². The third kappa shape index (κ3) is 1.82. The minimum atomic E-state index is -3.79. The van der Waals surface area contributed by atoms with Gasteiger partial charge < -0.3 is 0 Å². The summed E-state index contributed by atoms with van der Waals surface area (Å²) in [5.74, 6) is -3.79. The molecule has 0 saturated carbocycles. The Morgan fingerprint density at radius 2 is 2.14 bits per heavy atom. The summed E-state index contributed by atoms with van der Waals surface area (Å²) in [6.07, 6.45) is -0.701. The molecule has 0 aromatic carbocycles. The highest BCUT2D eigenvalue weighted by molar-refractivity contribution is 5.64. The van der Waals surface area contributed by atoms with E-state index in [0.717, 1.165) is 0 Å². The maximum atomic E-state index is 11.2. The second-order valence-corrected chi connectivity index (χ2v) is 0.853. The maximum Gasteiger partial charge on any atom is 0.386 e. The number of alkyl halides is 2. The van der Waals surface area contributed by atoms with Crippen molar-refractivity contribution in [1.29, 1.82) is 5.26 Å². The van der Waals surface area contributed by atoms with Gasteiger partial charge in [-0.3, -0.25) is 4.79 Å². The normalized spacial score (nSPS) is 9.86. The van der Waals surface area contributed by atoms with Gasteiger partial charge in [-0.1, -0.05) is 0 Å². The molecule has 38 valence electrons. The van der Waals surface area contributed by atoms with Crippen LogP contribution in [0.2, 0.25) is 0 Å². The Balaban J connectivity index is 3.91. The van der Waals surface area contributed by atoms with Crippen LogP contribution in [0.1, 0.15) is 0 Å². The molecule has 0 unspecified atom stereocenters. The van der Waals surface area contributed by atoms with Gasteiger partial charge in [0, 0.05) is 0 Å². The molecule has 0 aliphatic heterocycles. The average molecular weight is 105 g/mol. The number of halogens is 2. The summed E-state index contributed by atoms with van der Waals surface area (Å²) in [5.41, 5.74) is 0. The molecule has 0 spiro atoms. The number of hydrogen-bond donors (Lipinski definition) is 0. The van der Waals surface area contributed by atoms with Gasteiger partial charge in [0.05, 0.1) is 0 Å². The summed E-state index contributed by atoms with van der Waals surface area (Å²) in [7, 11) is 0. The van der Waals surface area contributed by atoms with Crippen molar-refractivity contribution in [2.75, 3.05) is 0 Å². The van der Waals surface area contributed by atoms with Crippen molar-refractivity contribution in [2.24, 2.45) is 0 Å². The van der Waals surface area contributed by atoms with E-state index in [9.17, 15) is 8.78 Å². The molecule has 0 aliphatic rings. The first-order chi connectivity index (χ1) is 3.12. The van der Waals surface area contributed by atoms with Crippen molar-refractivity contribution in [3.63, 3.8) is 0 Å². The van der Waals surface area contributed by atoms with Crippen LogP contribution in [-0.2, 0) is 4.79 Å². The van der Waals surface area contributed by atoms with Crippen LogP contribution in [0, 0.1) is 11.3 Å². The summed E-state index contributed by atoms with van der Waals surface area (Å²) < 4.78 is 22.3. The van der Waals surface area contributed by atoms with Crippen LogP contribution >= 0.6 is 0 Å². The Hall–Kier alpha value is -0.980. The van der Waals surface area contributed by atoms with E-state index in [1.165, 1.54) is 0 Å². The minimum Gasteiger partial charge on any atom is -0.295 e. The van der Waals surface area contributed by atoms with Gasteiger partial charge in [0.1, 0.15) is 6.07 Å². The minimum absolute atomic E-state index is 0.490. The fourth-order valence-corrected chi connectivity index (χ4v) is 0.0264. The second-order valence-electron chi connectivity index (χ2n) is 0.853. The largest absolute Gasteiger partial charge is 0.386 e. The van der Waals surface area contributed by atoms with E-state index in [1.54, 1.807) is 0 Å². The molecule has 0 radical (unpaired) electrons. The maximum absolute atomic E-state index is 11.2. The van der Waals surface area contributed by atoms with Gasteiger partial charge in [-0.05, 0) is 0 Å². The highest BCUT2D eigenvalue weighted by Gasteiger charge is 2.26. The zero-order valence-corrected chi connectivity index (χ0v) is 3.19. The van der Waals surface area contributed by atoms with Crippen molar-refractivity contribution >= 4 is 6.29 Å². The van der Waals surface area contributed by atoms with Crippen LogP contribution in [0.15, 0.2) is 0 Å². The van der Waals surface area contributed by atoms with Crippen LogP contribution in [0.5, 0.6) is 0 Å². The van der Waals surface area contributed by atoms with E-state index in [1.807, 2.05) is 0 Å². The first-order valence-electron chi connectivity index (χ1n) is 1.38. The number of nitrogens with zero attached hydrogens (tertiary/aromatic N) is 1. The summed E-state index contributed by atoms with van der Waals surface area (Å²) >= 11 is 0. The number of carbonyl (C=O) groups excluding carboxylic acids is 1. The number of aldehydes is 1. The highest BCUT2D eigenvalue weighted by Crippen LogP contribution is 2.04. The van der Waals surface area contributed by atoms with Crippen molar-refractivity contribution in [3.05, 3.63) is 0 Å². The average Bonchev–Trinajstić information content (AvgIpc) is 1.68. The molecule has 0 saturated heterocycles.